The molecule has 0 radical (unpaired) electrons. The van der Waals surface area contributed by atoms with Gasteiger partial charge in [0.25, 0.3) is 0 Å². The van der Waals surface area contributed by atoms with Gasteiger partial charge in [0.15, 0.2) is 24.6 Å². The first-order valence-corrected chi connectivity index (χ1v) is 32.6. The Balaban J connectivity index is 2.64. The number of aliphatic hydroxyl groups is 2. The Morgan fingerprint density at radius 3 is 1.20 bits per heavy atom. The van der Waals surface area contributed by atoms with Gasteiger partial charge in [-0.2, -0.15) is 0 Å². The van der Waals surface area contributed by atoms with Gasteiger partial charge in [-0.25, -0.2) is 4.79 Å². The molecule has 0 saturated carbocycles. The van der Waals surface area contributed by atoms with Crippen LogP contribution in [0.1, 0.15) is 303 Å². The van der Waals surface area contributed by atoms with Gasteiger partial charge in [-0.05, 0) is 83.5 Å². The topological polar surface area (TPSA) is 175 Å². The summed E-state index contributed by atoms with van der Waals surface area (Å²) in [6, 6.07) is 0. The van der Waals surface area contributed by atoms with E-state index in [1.54, 1.807) is 0 Å². The van der Waals surface area contributed by atoms with Crippen LogP contribution >= 0.6 is 0 Å². The third kappa shape index (κ3) is 45.0. The second kappa shape index (κ2) is 55.2. The van der Waals surface area contributed by atoms with E-state index >= 15 is 0 Å². The summed E-state index contributed by atoms with van der Waals surface area (Å²) < 4.78 is 28.5. The number of hydrogen-bond donors (Lipinski definition) is 3. The third-order valence-corrected chi connectivity index (χ3v) is 14.9. The highest BCUT2D eigenvalue weighted by atomic mass is 16.7. The minimum absolute atomic E-state index is 0.0468. The Morgan fingerprint density at radius 2 is 0.759 bits per heavy atom. The van der Waals surface area contributed by atoms with Crippen molar-refractivity contribution in [3.63, 3.8) is 0 Å². The molecule has 12 heteroatoms. The first-order chi connectivity index (χ1) is 38.6. The SMILES string of the molecule is CCCCC/C=C\C/C=C\C/C=C\CCCCCCCCC(=O)OC1C(OCC(COC(=O)CCCCCCCCCCCCCCCCCCC)OC(=O)CCCCCCC/C=C\CCCCCC)OC(C(=O)O)C(O)C1O. The van der Waals surface area contributed by atoms with E-state index in [-0.39, 0.29) is 25.9 Å². The quantitative estimate of drug-likeness (QED) is 0.0228. The zero-order chi connectivity index (χ0) is 57.5. The van der Waals surface area contributed by atoms with Crippen molar-refractivity contribution in [3.8, 4) is 0 Å². The van der Waals surface area contributed by atoms with Crippen LogP contribution in [0.5, 0.6) is 0 Å². The van der Waals surface area contributed by atoms with Crippen molar-refractivity contribution in [1.82, 2.24) is 0 Å². The van der Waals surface area contributed by atoms with Gasteiger partial charge in [0.1, 0.15) is 18.8 Å². The van der Waals surface area contributed by atoms with Crippen LogP contribution in [-0.4, -0.2) is 89.2 Å². The Morgan fingerprint density at radius 1 is 0.418 bits per heavy atom. The van der Waals surface area contributed by atoms with Crippen LogP contribution < -0.4 is 0 Å². The first-order valence-electron chi connectivity index (χ1n) is 32.6. The highest BCUT2D eigenvalue weighted by Gasteiger charge is 2.50. The number of ether oxygens (including phenoxy) is 5. The lowest BCUT2D eigenvalue weighted by Crippen LogP contribution is -2.61. The lowest BCUT2D eigenvalue weighted by Gasteiger charge is -2.40. The molecule has 3 N–H and O–H groups in total. The molecule has 79 heavy (non-hydrogen) atoms. The number of esters is 3. The molecular formula is C67H118O12. The smallest absolute Gasteiger partial charge is 0.335 e. The largest absolute Gasteiger partial charge is 0.479 e. The van der Waals surface area contributed by atoms with E-state index in [1.165, 1.54) is 135 Å². The van der Waals surface area contributed by atoms with E-state index in [0.717, 1.165) is 109 Å². The molecule has 0 amide bonds. The van der Waals surface area contributed by atoms with Crippen LogP contribution in [0.25, 0.3) is 0 Å². The zero-order valence-electron chi connectivity index (χ0n) is 50.6. The summed E-state index contributed by atoms with van der Waals surface area (Å²) in [5.41, 5.74) is 0. The Kier molecular flexibility index (Phi) is 51.5. The normalized spacial score (nSPS) is 18.1. The molecule has 12 nitrogen and oxygen atoms in total. The first kappa shape index (κ1) is 73.7. The van der Waals surface area contributed by atoms with Gasteiger partial charge in [0, 0.05) is 19.3 Å². The van der Waals surface area contributed by atoms with E-state index < -0.39 is 67.3 Å². The summed E-state index contributed by atoms with van der Waals surface area (Å²) in [6.07, 6.45) is 54.9. The number of carbonyl (C=O) groups excluding carboxylic acids is 3. The molecule has 0 bridgehead atoms. The lowest BCUT2D eigenvalue weighted by atomic mass is 9.98. The van der Waals surface area contributed by atoms with Crippen molar-refractivity contribution in [2.24, 2.45) is 0 Å². The summed E-state index contributed by atoms with van der Waals surface area (Å²) in [4.78, 5) is 51.3. The number of carboxylic acids is 1. The van der Waals surface area contributed by atoms with Gasteiger partial charge in [0.2, 0.25) is 0 Å². The van der Waals surface area contributed by atoms with Gasteiger partial charge >= 0.3 is 23.9 Å². The number of carbonyl (C=O) groups is 4. The molecule has 1 heterocycles. The Labute approximate surface area is 482 Å². The molecule has 6 unspecified atom stereocenters. The lowest BCUT2D eigenvalue weighted by molar-refractivity contribution is -0.301. The van der Waals surface area contributed by atoms with Gasteiger partial charge in [0.05, 0.1) is 6.61 Å². The standard InChI is InChI=1S/C67H118O12/c1-4-7-10-13-16-19-22-25-27-29-30-32-34-37-40-43-46-49-52-55-61(70)78-65-63(72)62(71)64(66(73)74)79-67(65)76-57-58(77-60(69)54-51-48-45-42-39-35-24-21-18-15-12-9-6-3)56-75-59(68)53-50-47-44-41-38-36-33-31-28-26-23-20-17-14-11-8-5-2/h16,19,21,24-25,27,30,32,58,62-65,67,71-72H,4-15,17-18,20,22-23,26,28-29,31,33-57H2,1-3H3,(H,73,74)/b19-16-,24-21-,27-25-,32-30-. The molecule has 1 aliphatic rings. The van der Waals surface area contributed by atoms with Crippen LogP contribution in [-0.2, 0) is 42.9 Å². The molecule has 0 aromatic rings. The Bertz CT molecular complexity index is 1560. The number of aliphatic carboxylic acids is 1. The molecule has 1 aliphatic heterocycles. The molecule has 1 fully saturated rings. The fourth-order valence-electron chi connectivity index (χ4n) is 9.84. The maximum atomic E-state index is 13.2. The fourth-order valence-corrected chi connectivity index (χ4v) is 9.84. The summed E-state index contributed by atoms with van der Waals surface area (Å²) in [6.45, 7) is 5.98. The molecule has 0 aromatic heterocycles. The summed E-state index contributed by atoms with van der Waals surface area (Å²) in [5.74, 6) is -3.12. The van der Waals surface area contributed by atoms with Crippen LogP contribution in [0.2, 0.25) is 0 Å². The Hall–Kier alpha value is -3.32. The second-order valence-corrected chi connectivity index (χ2v) is 22.4. The number of hydrogen-bond acceptors (Lipinski definition) is 11. The van der Waals surface area contributed by atoms with Crippen molar-refractivity contribution in [1.29, 1.82) is 0 Å². The predicted molar refractivity (Wildman–Crippen MR) is 322 cm³/mol. The molecule has 1 rings (SSSR count). The minimum Gasteiger partial charge on any atom is -0.479 e. The van der Waals surface area contributed by atoms with Gasteiger partial charge in [-0.3, -0.25) is 14.4 Å². The van der Waals surface area contributed by atoms with E-state index in [1.807, 2.05) is 0 Å². The van der Waals surface area contributed by atoms with Crippen LogP contribution in [0.15, 0.2) is 48.6 Å². The van der Waals surface area contributed by atoms with Crippen molar-refractivity contribution >= 4 is 23.9 Å². The van der Waals surface area contributed by atoms with Crippen LogP contribution in [0, 0.1) is 0 Å². The molecular weight excluding hydrogens is 997 g/mol. The van der Waals surface area contributed by atoms with Crippen molar-refractivity contribution in [2.45, 2.75) is 340 Å². The van der Waals surface area contributed by atoms with E-state index in [2.05, 4.69) is 69.4 Å². The van der Waals surface area contributed by atoms with E-state index in [4.69, 9.17) is 23.7 Å². The minimum atomic E-state index is -1.91. The summed E-state index contributed by atoms with van der Waals surface area (Å²) in [5, 5.41) is 31.6. The highest BCUT2D eigenvalue weighted by Crippen LogP contribution is 2.27. The molecule has 6 atom stereocenters. The number of unbranched alkanes of at least 4 members (excludes halogenated alkanes) is 34. The second-order valence-electron chi connectivity index (χ2n) is 22.4. The van der Waals surface area contributed by atoms with E-state index in [0.29, 0.717) is 19.3 Å². The van der Waals surface area contributed by atoms with Gasteiger partial charge < -0.3 is 39.0 Å². The molecule has 0 spiro atoms. The zero-order valence-corrected chi connectivity index (χ0v) is 50.6. The highest BCUT2D eigenvalue weighted by molar-refractivity contribution is 5.74. The molecule has 1 saturated heterocycles. The maximum absolute atomic E-state index is 13.2. The van der Waals surface area contributed by atoms with Crippen molar-refractivity contribution in [2.75, 3.05) is 13.2 Å². The summed E-state index contributed by atoms with van der Waals surface area (Å²) >= 11 is 0. The van der Waals surface area contributed by atoms with Gasteiger partial charge in [-0.15, -0.1) is 0 Å². The molecule has 0 aromatic carbocycles. The average molecular weight is 1120 g/mol. The molecule has 458 valence electrons. The fraction of sp³-hybridized carbons (Fsp3) is 0.821. The number of allylic oxidation sites excluding steroid dienone is 8. The predicted octanol–water partition coefficient (Wildman–Crippen LogP) is 17.3. The number of aliphatic hydroxyl groups excluding tert-OH is 2. The maximum Gasteiger partial charge on any atom is 0.335 e. The molecule has 0 aliphatic carbocycles. The van der Waals surface area contributed by atoms with Gasteiger partial charge in [-0.1, -0.05) is 249 Å². The number of rotatable bonds is 56. The number of carboxylic acid groups (broad SMARTS) is 1. The van der Waals surface area contributed by atoms with Crippen molar-refractivity contribution in [3.05, 3.63) is 48.6 Å². The van der Waals surface area contributed by atoms with Crippen LogP contribution in [0.4, 0.5) is 0 Å². The monoisotopic (exact) mass is 1110 g/mol. The van der Waals surface area contributed by atoms with Crippen molar-refractivity contribution < 1.29 is 58.2 Å². The summed E-state index contributed by atoms with van der Waals surface area (Å²) in [7, 11) is 0. The third-order valence-electron chi connectivity index (χ3n) is 14.9. The van der Waals surface area contributed by atoms with Crippen LogP contribution in [0.3, 0.4) is 0 Å². The van der Waals surface area contributed by atoms with E-state index in [9.17, 15) is 34.5 Å². The average Bonchev–Trinajstić information content (AvgIpc) is 3.46.